The highest BCUT2D eigenvalue weighted by atomic mass is 32.1. The van der Waals surface area contributed by atoms with Crippen molar-refractivity contribution in [3.8, 4) is 0 Å². The molecule has 2 N–H and O–H groups in total. The van der Waals surface area contributed by atoms with E-state index in [0.29, 0.717) is 31.1 Å². The summed E-state index contributed by atoms with van der Waals surface area (Å²) in [5.74, 6) is -0.193. The topological polar surface area (TPSA) is 71.5 Å². The Morgan fingerprint density at radius 2 is 2.08 bits per heavy atom. The van der Waals surface area contributed by atoms with Crippen molar-refractivity contribution in [2.45, 2.75) is 25.8 Å². The molecule has 3 rings (SSSR count). The molecule has 1 aromatic heterocycles. The van der Waals surface area contributed by atoms with Crippen LogP contribution in [0.25, 0.3) is 0 Å². The summed E-state index contributed by atoms with van der Waals surface area (Å²) in [6.07, 6.45) is 1.42. The molecular weight excluding hydrogens is 324 g/mol. The number of carbonyl (C=O) groups excluding carboxylic acids is 1. The zero-order chi connectivity index (χ0) is 17.0. The molecule has 1 unspecified atom stereocenters. The normalized spacial score (nSPS) is 18.1. The third-order valence-electron chi connectivity index (χ3n) is 4.64. The number of hydrogen-bond acceptors (Lipinski definition) is 5. The molecule has 2 aromatic rings. The maximum absolute atomic E-state index is 12.7. The van der Waals surface area contributed by atoms with Gasteiger partial charge in [-0.1, -0.05) is 30.3 Å². The standard InChI is InChI=1S/C18H22N2O3S/c1-13-11-24-17(19-13)16(22)20-15(14-5-3-2-4-6-14)18(12-21)7-9-23-10-8-18/h2-6,11,15,21H,7-10,12H2,1H3,(H,20,22). The van der Waals surface area contributed by atoms with Crippen molar-refractivity contribution in [2.24, 2.45) is 5.41 Å². The third-order valence-corrected chi connectivity index (χ3v) is 5.60. The van der Waals surface area contributed by atoms with E-state index in [2.05, 4.69) is 10.3 Å². The lowest BCUT2D eigenvalue weighted by atomic mass is 9.72. The van der Waals surface area contributed by atoms with Crippen LogP contribution >= 0.6 is 11.3 Å². The average Bonchev–Trinajstić information content (AvgIpc) is 3.07. The molecule has 0 saturated carbocycles. The minimum absolute atomic E-state index is 0.00704. The molecule has 0 bridgehead atoms. The van der Waals surface area contributed by atoms with Crippen molar-refractivity contribution in [3.63, 3.8) is 0 Å². The van der Waals surface area contributed by atoms with Gasteiger partial charge in [-0.3, -0.25) is 4.79 Å². The fourth-order valence-electron chi connectivity index (χ4n) is 3.20. The predicted octanol–water partition coefficient (Wildman–Crippen LogP) is 2.71. The fourth-order valence-corrected chi connectivity index (χ4v) is 3.90. The summed E-state index contributed by atoms with van der Waals surface area (Å²) < 4.78 is 5.47. The summed E-state index contributed by atoms with van der Waals surface area (Å²) in [6.45, 7) is 3.06. The number of nitrogens with one attached hydrogen (secondary N) is 1. The largest absolute Gasteiger partial charge is 0.396 e. The van der Waals surface area contributed by atoms with Crippen LogP contribution in [0.2, 0.25) is 0 Å². The monoisotopic (exact) mass is 346 g/mol. The van der Waals surface area contributed by atoms with E-state index in [1.54, 1.807) is 0 Å². The van der Waals surface area contributed by atoms with E-state index in [0.717, 1.165) is 11.3 Å². The Kier molecular flexibility index (Phi) is 5.28. The van der Waals surface area contributed by atoms with E-state index < -0.39 is 5.41 Å². The number of aliphatic hydroxyl groups excluding tert-OH is 1. The number of benzene rings is 1. The van der Waals surface area contributed by atoms with Crippen LogP contribution in [-0.4, -0.2) is 35.8 Å². The number of rotatable bonds is 5. The highest BCUT2D eigenvalue weighted by molar-refractivity contribution is 7.11. The van der Waals surface area contributed by atoms with Crippen molar-refractivity contribution in [3.05, 3.63) is 52.0 Å². The minimum Gasteiger partial charge on any atom is -0.396 e. The van der Waals surface area contributed by atoms with E-state index in [-0.39, 0.29) is 18.6 Å². The van der Waals surface area contributed by atoms with Gasteiger partial charge >= 0.3 is 0 Å². The molecule has 1 amide bonds. The highest BCUT2D eigenvalue weighted by Gasteiger charge is 2.42. The second-order valence-corrected chi connectivity index (χ2v) is 7.10. The first-order valence-electron chi connectivity index (χ1n) is 8.11. The fraction of sp³-hybridized carbons (Fsp3) is 0.444. The van der Waals surface area contributed by atoms with E-state index in [4.69, 9.17) is 4.74 Å². The maximum Gasteiger partial charge on any atom is 0.280 e. The Balaban J connectivity index is 1.91. The van der Waals surface area contributed by atoms with Crippen molar-refractivity contribution < 1.29 is 14.6 Å². The Hall–Kier alpha value is -1.76. The van der Waals surface area contributed by atoms with Gasteiger partial charge in [0, 0.05) is 29.7 Å². The van der Waals surface area contributed by atoms with Crippen LogP contribution < -0.4 is 5.32 Å². The average molecular weight is 346 g/mol. The number of hydrogen-bond donors (Lipinski definition) is 2. The molecule has 1 atom stereocenters. The minimum atomic E-state index is -0.415. The number of aryl methyl sites for hydroxylation is 1. The quantitative estimate of drug-likeness (QED) is 0.873. The van der Waals surface area contributed by atoms with Gasteiger partial charge in [-0.2, -0.15) is 0 Å². The summed E-state index contributed by atoms with van der Waals surface area (Å²) in [4.78, 5) is 16.9. The number of thiazole rings is 1. The zero-order valence-electron chi connectivity index (χ0n) is 13.7. The Morgan fingerprint density at radius 3 is 2.67 bits per heavy atom. The molecule has 6 heteroatoms. The number of ether oxygens (including phenoxy) is 1. The Bertz CT molecular complexity index is 681. The van der Waals surface area contributed by atoms with Crippen LogP contribution in [0.4, 0.5) is 0 Å². The lowest BCUT2D eigenvalue weighted by molar-refractivity contribution is -0.0369. The van der Waals surface area contributed by atoms with Gasteiger partial charge in [0.25, 0.3) is 5.91 Å². The molecule has 1 aliphatic heterocycles. The van der Waals surface area contributed by atoms with Gasteiger partial charge in [0.1, 0.15) is 0 Å². The van der Waals surface area contributed by atoms with Crippen LogP contribution in [0, 0.1) is 12.3 Å². The third kappa shape index (κ3) is 3.50. The molecule has 1 aliphatic rings. The predicted molar refractivity (Wildman–Crippen MR) is 93.1 cm³/mol. The maximum atomic E-state index is 12.7. The van der Waals surface area contributed by atoms with Crippen LogP contribution in [-0.2, 0) is 4.74 Å². The van der Waals surface area contributed by atoms with Crippen molar-refractivity contribution >= 4 is 17.2 Å². The van der Waals surface area contributed by atoms with E-state index in [1.807, 2.05) is 42.6 Å². The van der Waals surface area contributed by atoms with E-state index in [1.165, 1.54) is 11.3 Å². The molecule has 5 nitrogen and oxygen atoms in total. The second kappa shape index (κ2) is 7.42. The SMILES string of the molecule is Cc1csc(C(=O)NC(c2ccccc2)C2(CO)CCOCC2)n1. The lowest BCUT2D eigenvalue weighted by Gasteiger charge is -2.42. The molecule has 1 aromatic carbocycles. The van der Waals surface area contributed by atoms with Crippen LogP contribution in [0.5, 0.6) is 0 Å². The molecule has 0 spiro atoms. The summed E-state index contributed by atoms with van der Waals surface area (Å²) in [5, 5.41) is 15.6. The number of carbonyl (C=O) groups is 1. The van der Waals surface area contributed by atoms with Gasteiger partial charge in [0.15, 0.2) is 5.01 Å². The molecule has 24 heavy (non-hydrogen) atoms. The molecular formula is C18H22N2O3S. The van der Waals surface area contributed by atoms with Crippen molar-refractivity contribution in [1.29, 1.82) is 0 Å². The Labute approximate surface area is 145 Å². The highest BCUT2D eigenvalue weighted by Crippen LogP contribution is 2.42. The van der Waals surface area contributed by atoms with E-state index >= 15 is 0 Å². The van der Waals surface area contributed by atoms with E-state index in [9.17, 15) is 9.90 Å². The van der Waals surface area contributed by atoms with Gasteiger partial charge in [-0.05, 0) is 25.3 Å². The van der Waals surface area contributed by atoms with Crippen molar-refractivity contribution in [1.82, 2.24) is 10.3 Å². The molecule has 2 heterocycles. The molecule has 0 radical (unpaired) electrons. The summed E-state index contributed by atoms with van der Waals surface area (Å²) in [6, 6.07) is 9.56. The first kappa shape index (κ1) is 17.1. The number of aromatic nitrogens is 1. The van der Waals surface area contributed by atoms with Gasteiger partial charge in [-0.15, -0.1) is 11.3 Å². The first-order valence-corrected chi connectivity index (χ1v) is 8.99. The van der Waals surface area contributed by atoms with Gasteiger partial charge in [-0.25, -0.2) is 4.98 Å². The summed E-state index contributed by atoms with van der Waals surface area (Å²) >= 11 is 1.34. The molecule has 0 aliphatic carbocycles. The number of nitrogens with zero attached hydrogens (tertiary/aromatic N) is 1. The van der Waals surface area contributed by atoms with Crippen LogP contribution in [0.3, 0.4) is 0 Å². The van der Waals surface area contributed by atoms with Gasteiger partial charge in [0.2, 0.25) is 0 Å². The van der Waals surface area contributed by atoms with Crippen LogP contribution in [0.15, 0.2) is 35.7 Å². The van der Waals surface area contributed by atoms with Crippen LogP contribution in [0.1, 0.15) is 39.9 Å². The number of amides is 1. The zero-order valence-corrected chi connectivity index (χ0v) is 14.5. The van der Waals surface area contributed by atoms with Crippen molar-refractivity contribution in [2.75, 3.05) is 19.8 Å². The number of aliphatic hydroxyl groups is 1. The first-order chi connectivity index (χ1) is 11.6. The second-order valence-electron chi connectivity index (χ2n) is 6.24. The lowest BCUT2D eigenvalue weighted by Crippen LogP contribution is -2.46. The summed E-state index contributed by atoms with van der Waals surface area (Å²) in [7, 11) is 0. The molecule has 1 saturated heterocycles. The molecule has 128 valence electrons. The summed E-state index contributed by atoms with van der Waals surface area (Å²) in [5.41, 5.74) is 1.42. The van der Waals surface area contributed by atoms with Gasteiger partial charge < -0.3 is 15.2 Å². The Morgan fingerprint density at radius 1 is 1.38 bits per heavy atom. The molecule has 1 fully saturated rings. The van der Waals surface area contributed by atoms with Gasteiger partial charge in [0.05, 0.1) is 12.6 Å². The smallest absolute Gasteiger partial charge is 0.280 e.